The summed E-state index contributed by atoms with van der Waals surface area (Å²) in [7, 11) is 3.33. The molecule has 0 aliphatic heterocycles. The smallest absolute Gasteiger partial charge is 0.227 e. The molecule has 26 heavy (non-hydrogen) atoms. The number of aryl methyl sites for hydroxylation is 1. The van der Waals surface area contributed by atoms with Crippen LogP contribution < -0.4 is 20.7 Å². The van der Waals surface area contributed by atoms with Crippen LogP contribution in [0.1, 0.15) is 17.5 Å². The van der Waals surface area contributed by atoms with Gasteiger partial charge in [-0.25, -0.2) is 4.98 Å². The number of aromatic nitrogens is 1. The number of anilines is 1. The number of para-hydroxylation sites is 1. The van der Waals surface area contributed by atoms with Crippen molar-refractivity contribution in [1.82, 2.24) is 15.6 Å². The Labute approximate surface area is 153 Å². The average Bonchev–Trinajstić information content (AvgIpc) is 2.66. The van der Waals surface area contributed by atoms with Crippen molar-refractivity contribution in [1.29, 1.82) is 0 Å². The summed E-state index contributed by atoms with van der Waals surface area (Å²) in [6.07, 6.45) is 2.03. The fourth-order valence-corrected chi connectivity index (χ4v) is 2.29. The van der Waals surface area contributed by atoms with Gasteiger partial charge in [0.15, 0.2) is 5.96 Å². The Bertz CT molecular complexity index is 744. The van der Waals surface area contributed by atoms with Gasteiger partial charge in [0.1, 0.15) is 11.6 Å². The number of ether oxygens (including phenoxy) is 1. The minimum Gasteiger partial charge on any atom is -0.496 e. The zero-order valence-electron chi connectivity index (χ0n) is 15.4. The van der Waals surface area contributed by atoms with E-state index in [4.69, 9.17) is 4.74 Å². The van der Waals surface area contributed by atoms with Gasteiger partial charge < -0.3 is 20.7 Å². The van der Waals surface area contributed by atoms with Crippen LogP contribution in [-0.2, 0) is 11.3 Å². The van der Waals surface area contributed by atoms with Crippen LogP contribution in [-0.4, -0.2) is 37.6 Å². The molecule has 0 saturated heterocycles. The highest BCUT2D eigenvalue weighted by molar-refractivity contribution is 5.90. The lowest BCUT2D eigenvalue weighted by Gasteiger charge is -2.13. The van der Waals surface area contributed by atoms with Crippen molar-refractivity contribution in [3.63, 3.8) is 0 Å². The number of hydrogen-bond donors (Lipinski definition) is 3. The van der Waals surface area contributed by atoms with Crippen LogP contribution >= 0.6 is 0 Å². The van der Waals surface area contributed by atoms with Gasteiger partial charge in [0.2, 0.25) is 5.91 Å². The Hall–Kier alpha value is -3.09. The van der Waals surface area contributed by atoms with Crippen molar-refractivity contribution in [2.45, 2.75) is 19.9 Å². The highest BCUT2D eigenvalue weighted by Crippen LogP contribution is 2.16. The first-order chi connectivity index (χ1) is 12.6. The summed E-state index contributed by atoms with van der Waals surface area (Å²) in [6.45, 7) is 2.98. The summed E-state index contributed by atoms with van der Waals surface area (Å²) in [4.78, 5) is 20.3. The van der Waals surface area contributed by atoms with E-state index in [1.54, 1.807) is 26.4 Å². The highest BCUT2D eigenvalue weighted by atomic mass is 16.5. The standard InChI is InChI=1S/C19H25N5O2/c1-14-8-9-17(22-12-14)24-18(25)10-11-21-19(20-2)23-13-15-6-4-5-7-16(15)26-3/h4-9,12H,10-11,13H2,1-3H3,(H2,20,21,23)(H,22,24,25). The Morgan fingerprint density at radius 1 is 1.19 bits per heavy atom. The SMILES string of the molecule is CN=C(NCCC(=O)Nc1ccc(C)cn1)NCc1ccccc1OC. The largest absolute Gasteiger partial charge is 0.496 e. The van der Waals surface area contributed by atoms with Gasteiger partial charge in [-0.15, -0.1) is 0 Å². The topological polar surface area (TPSA) is 87.6 Å². The van der Waals surface area contributed by atoms with Crippen molar-refractivity contribution < 1.29 is 9.53 Å². The third-order valence-electron chi connectivity index (χ3n) is 3.69. The lowest BCUT2D eigenvalue weighted by Crippen LogP contribution is -2.38. The molecule has 0 fully saturated rings. The van der Waals surface area contributed by atoms with Crippen molar-refractivity contribution in [3.05, 3.63) is 53.7 Å². The second-order valence-corrected chi connectivity index (χ2v) is 5.68. The van der Waals surface area contributed by atoms with E-state index in [0.717, 1.165) is 16.9 Å². The fraction of sp³-hybridized carbons (Fsp3) is 0.316. The zero-order valence-corrected chi connectivity index (χ0v) is 15.4. The highest BCUT2D eigenvalue weighted by Gasteiger charge is 2.06. The predicted octanol–water partition coefficient (Wildman–Crippen LogP) is 2.09. The second-order valence-electron chi connectivity index (χ2n) is 5.68. The first-order valence-corrected chi connectivity index (χ1v) is 8.41. The van der Waals surface area contributed by atoms with Gasteiger partial charge in [0.25, 0.3) is 0 Å². The molecule has 7 heteroatoms. The summed E-state index contributed by atoms with van der Waals surface area (Å²) < 4.78 is 5.33. The third-order valence-corrected chi connectivity index (χ3v) is 3.69. The molecule has 0 radical (unpaired) electrons. The maximum absolute atomic E-state index is 12.0. The maximum atomic E-state index is 12.0. The molecule has 0 aliphatic rings. The molecule has 1 heterocycles. The Kier molecular flexibility index (Phi) is 7.42. The van der Waals surface area contributed by atoms with Crippen LogP contribution in [0.4, 0.5) is 5.82 Å². The number of carbonyl (C=O) groups is 1. The molecule has 0 bridgehead atoms. The molecule has 0 saturated carbocycles. The van der Waals surface area contributed by atoms with Crippen molar-refractivity contribution in [2.75, 3.05) is 26.0 Å². The van der Waals surface area contributed by atoms with E-state index in [9.17, 15) is 4.79 Å². The number of nitrogens with zero attached hydrogens (tertiary/aromatic N) is 2. The summed E-state index contributed by atoms with van der Waals surface area (Å²) >= 11 is 0. The van der Waals surface area contributed by atoms with Crippen LogP contribution in [0, 0.1) is 6.92 Å². The first kappa shape index (κ1) is 19.2. The van der Waals surface area contributed by atoms with Crippen LogP contribution in [0.5, 0.6) is 5.75 Å². The summed E-state index contributed by atoms with van der Waals surface area (Å²) in [5.74, 6) is 1.89. The maximum Gasteiger partial charge on any atom is 0.227 e. The molecule has 0 spiro atoms. The predicted molar refractivity (Wildman–Crippen MR) is 103 cm³/mol. The van der Waals surface area contributed by atoms with E-state index in [1.807, 2.05) is 37.3 Å². The van der Waals surface area contributed by atoms with E-state index in [1.165, 1.54) is 0 Å². The number of carbonyl (C=O) groups excluding carboxylic acids is 1. The minimum absolute atomic E-state index is 0.103. The number of aliphatic imine (C=N–C) groups is 1. The third kappa shape index (κ3) is 6.08. The number of methoxy groups -OCH3 is 1. The van der Waals surface area contributed by atoms with Crippen molar-refractivity contribution in [2.24, 2.45) is 4.99 Å². The fourth-order valence-electron chi connectivity index (χ4n) is 2.29. The molecular weight excluding hydrogens is 330 g/mol. The molecule has 1 aromatic heterocycles. The van der Waals surface area contributed by atoms with Crippen LogP contribution in [0.25, 0.3) is 0 Å². The number of nitrogens with one attached hydrogen (secondary N) is 3. The molecular formula is C19H25N5O2. The van der Waals surface area contributed by atoms with E-state index in [2.05, 4.69) is 25.9 Å². The normalized spacial score (nSPS) is 11.0. The Morgan fingerprint density at radius 2 is 2.00 bits per heavy atom. The number of rotatable bonds is 7. The quantitative estimate of drug-likeness (QED) is 0.523. The van der Waals surface area contributed by atoms with Gasteiger partial charge >= 0.3 is 0 Å². The molecule has 2 aromatic rings. The Balaban J connectivity index is 1.74. The molecule has 1 amide bonds. The monoisotopic (exact) mass is 355 g/mol. The van der Waals surface area contributed by atoms with Crippen LogP contribution in [0.2, 0.25) is 0 Å². The van der Waals surface area contributed by atoms with Gasteiger partial charge in [-0.05, 0) is 24.6 Å². The minimum atomic E-state index is -0.103. The lowest BCUT2D eigenvalue weighted by atomic mass is 10.2. The summed E-state index contributed by atoms with van der Waals surface area (Å²) in [5, 5.41) is 9.09. The molecule has 0 aliphatic carbocycles. The molecule has 1 aromatic carbocycles. The van der Waals surface area contributed by atoms with Crippen molar-refractivity contribution in [3.8, 4) is 5.75 Å². The number of hydrogen-bond acceptors (Lipinski definition) is 4. The van der Waals surface area contributed by atoms with E-state index in [-0.39, 0.29) is 5.91 Å². The zero-order chi connectivity index (χ0) is 18.8. The van der Waals surface area contributed by atoms with E-state index in [0.29, 0.717) is 31.3 Å². The van der Waals surface area contributed by atoms with Gasteiger partial charge in [-0.1, -0.05) is 24.3 Å². The first-order valence-electron chi connectivity index (χ1n) is 8.41. The molecule has 3 N–H and O–H groups in total. The number of pyridine rings is 1. The molecule has 0 atom stereocenters. The summed E-state index contributed by atoms with van der Waals surface area (Å²) in [6, 6.07) is 11.5. The molecule has 0 unspecified atom stereocenters. The average molecular weight is 355 g/mol. The Morgan fingerprint density at radius 3 is 2.69 bits per heavy atom. The number of amides is 1. The number of benzene rings is 1. The number of guanidine groups is 1. The molecule has 7 nitrogen and oxygen atoms in total. The molecule has 138 valence electrons. The van der Waals surface area contributed by atoms with Gasteiger partial charge in [-0.2, -0.15) is 0 Å². The van der Waals surface area contributed by atoms with E-state index < -0.39 is 0 Å². The lowest BCUT2D eigenvalue weighted by molar-refractivity contribution is -0.116. The van der Waals surface area contributed by atoms with Crippen molar-refractivity contribution >= 4 is 17.7 Å². The van der Waals surface area contributed by atoms with Gasteiger partial charge in [-0.3, -0.25) is 9.79 Å². The van der Waals surface area contributed by atoms with Crippen LogP contribution in [0.3, 0.4) is 0 Å². The van der Waals surface area contributed by atoms with Crippen LogP contribution in [0.15, 0.2) is 47.6 Å². The van der Waals surface area contributed by atoms with E-state index >= 15 is 0 Å². The molecule has 2 rings (SSSR count). The van der Waals surface area contributed by atoms with Gasteiger partial charge in [0, 0.05) is 38.3 Å². The summed E-state index contributed by atoms with van der Waals surface area (Å²) in [5.41, 5.74) is 2.08. The van der Waals surface area contributed by atoms with Gasteiger partial charge in [0.05, 0.1) is 7.11 Å². The second kappa shape index (κ2) is 10.0.